The van der Waals surface area contributed by atoms with Gasteiger partial charge < -0.3 is 23.9 Å². The molecule has 0 saturated heterocycles. The minimum Gasteiger partial charge on any atom is -0.507 e. The molecule has 0 amide bonds. The van der Waals surface area contributed by atoms with Crippen molar-refractivity contribution in [3.05, 3.63) is 216 Å². The van der Waals surface area contributed by atoms with Gasteiger partial charge in [0.15, 0.2) is 5.98 Å². The Hall–Kier alpha value is -6.04. The molecule has 11 aromatic rings. The Kier molecular flexibility index (Phi) is 19.7. The Morgan fingerprint density at radius 3 is 1.32 bits per heavy atom. The molecule has 10 aromatic carbocycles. The molecule has 2 atom stereocenters. The highest BCUT2D eigenvalue weighted by Gasteiger charge is 2.37. The molecule has 85 heavy (non-hydrogen) atoms. The summed E-state index contributed by atoms with van der Waals surface area (Å²) in [7, 11) is -1.39. The number of fused-ring (bicyclic) bond motifs is 11. The van der Waals surface area contributed by atoms with Crippen molar-refractivity contribution in [2.75, 3.05) is 4.67 Å². The summed E-state index contributed by atoms with van der Waals surface area (Å²) in [5.74, 6) is -0.860. The molecule has 1 heterocycles. The van der Waals surface area contributed by atoms with Crippen molar-refractivity contribution in [2.24, 2.45) is 0 Å². The van der Waals surface area contributed by atoms with Crippen LogP contribution < -0.4 is 9.99 Å². The van der Waals surface area contributed by atoms with E-state index in [1.807, 2.05) is 60.7 Å². The van der Waals surface area contributed by atoms with Crippen LogP contribution in [-0.4, -0.2) is 22.3 Å². The van der Waals surface area contributed by atoms with Gasteiger partial charge in [-0.25, -0.2) is 0 Å². The number of aryl methyl sites for hydroxylation is 2. The number of nitrogens with one attached hydrogen (secondary N) is 1. The van der Waals surface area contributed by atoms with Gasteiger partial charge in [0.1, 0.15) is 22.7 Å². The van der Waals surface area contributed by atoms with E-state index in [-0.39, 0.29) is 11.5 Å². The highest BCUT2D eigenvalue weighted by molar-refractivity contribution is 8.20. The van der Waals surface area contributed by atoms with Crippen LogP contribution in [-0.2, 0) is 12.8 Å². The van der Waals surface area contributed by atoms with Crippen LogP contribution in [0.3, 0.4) is 0 Å². The number of benzene rings is 10. The van der Waals surface area contributed by atoms with E-state index in [4.69, 9.17) is 42.1 Å². The van der Waals surface area contributed by atoms with E-state index in [1.165, 1.54) is 135 Å². The van der Waals surface area contributed by atoms with Gasteiger partial charge in [-0.1, -0.05) is 268 Å². The van der Waals surface area contributed by atoms with Gasteiger partial charge in [0.2, 0.25) is 0 Å². The topological polar surface area (TPSA) is 82.0 Å². The van der Waals surface area contributed by atoms with Gasteiger partial charge in [-0.05, 0) is 141 Å². The lowest BCUT2D eigenvalue weighted by molar-refractivity contribution is 0.352. The number of hydrogen-bond donors (Lipinski definition) is 3. The van der Waals surface area contributed by atoms with Gasteiger partial charge >= 0.3 is 8.16 Å². The number of nitrogens with zero attached hydrogens (tertiary/aromatic N) is 1. The van der Waals surface area contributed by atoms with Crippen molar-refractivity contribution in [1.82, 2.24) is 5.32 Å². The number of aromatic hydroxyl groups is 2. The summed E-state index contributed by atoms with van der Waals surface area (Å²) in [6.45, 7) is 0. The second-order valence-electron chi connectivity index (χ2n) is 23.4. The largest absolute Gasteiger partial charge is 0.507 e. The molecule has 0 spiro atoms. The van der Waals surface area contributed by atoms with E-state index in [9.17, 15) is 10.2 Å². The summed E-state index contributed by atoms with van der Waals surface area (Å²) in [4.78, 5) is 0. The van der Waals surface area contributed by atoms with Crippen LogP contribution in [0.5, 0.6) is 11.5 Å². The van der Waals surface area contributed by atoms with Crippen LogP contribution in [0.15, 0.2) is 203 Å². The summed E-state index contributed by atoms with van der Waals surface area (Å²) in [6.07, 6.45) is 23.8. The van der Waals surface area contributed by atoms with Crippen molar-refractivity contribution >= 4 is 113 Å². The fourth-order valence-electron chi connectivity index (χ4n) is 14.1. The Balaban J connectivity index is 0.000000135. The summed E-state index contributed by atoms with van der Waals surface area (Å²) < 4.78 is 17.1. The van der Waals surface area contributed by atoms with Crippen LogP contribution in [0, 0.1) is 0 Å². The normalized spacial score (nSPS) is 17.5. The van der Waals surface area contributed by atoms with Crippen LogP contribution >= 0.6 is 47.9 Å². The Labute approximate surface area is 516 Å². The summed E-state index contributed by atoms with van der Waals surface area (Å²) in [5.41, 5.74) is 9.31. The molecule has 2 saturated carbocycles. The highest BCUT2D eigenvalue weighted by Crippen LogP contribution is 2.52. The molecule has 3 N–H and O–H groups in total. The minimum absolute atomic E-state index is 0.172. The minimum atomic E-state index is -1.39. The van der Waals surface area contributed by atoms with E-state index in [0.717, 1.165) is 62.4 Å². The number of phenolic OH excluding ortho intramolecular Hbond substituents is 2. The third-order valence-corrected chi connectivity index (χ3v) is 19.9. The predicted molar refractivity (Wildman–Crippen MR) is 365 cm³/mol. The first-order chi connectivity index (χ1) is 41.8. The Morgan fingerprint density at radius 2 is 0.800 bits per heavy atom. The zero-order chi connectivity index (χ0) is 58.1. The summed E-state index contributed by atoms with van der Waals surface area (Å²) >= 11 is 14.6. The van der Waals surface area contributed by atoms with Gasteiger partial charge in [0.25, 0.3) is 0 Å². The molecule has 4 aliphatic rings. The number of halogens is 3. The second kappa shape index (κ2) is 28.2. The summed E-state index contributed by atoms with van der Waals surface area (Å²) in [6, 6.07) is 69.2. The molecule has 436 valence electrons. The molecule has 0 bridgehead atoms. The van der Waals surface area contributed by atoms with Crippen molar-refractivity contribution in [3.8, 4) is 22.6 Å². The standard InChI is InChI=1S/C37H36NO2P.C20H14O2.C17H25N.Cl3P/c1-2-4-15-29(16-5-3-1)38(33-23-20-26-12-6-9-17-30(26)33)41-39-34-24-21-27-13-7-10-18-31(27)36(34)37-32-19-11-8-14-28(32)22-25-35(37)40-41;21-17-11-9-13-5-1-3-7-15(13)19(17)20-16-8-4-2-6-14(16)10-12-18(20)22;1-2-4-9-15(10-5-3-1)18-17-13-12-14-8-6-7-11-16(14)17;1-4(2)3/h6-14,17-19,21-22,24-25,29,33H,1-5,15-16,20,23H2;1-12,21-22H;6-8,11,15,17-18H,1-5,9-10,12-13H2;/t33-;;17-;/m0.0./s1. The van der Waals surface area contributed by atoms with E-state index in [1.54, 1.807) is 23.3 Å². The molecule has 0 radical (unpaired) electrons. The van der Waals surface area contributed by atoms with Gasteiger partial charge in [0, 0.05) is 46.1 Å². The smallest absolute Gasteiger partial charge is 0.310 e. The lowest BCUT2D eigenvalue weighted by Gasteiger charge is -2.34. The molecular weight excluding hydrogens is 1150 g/mol. The van der Waals surface area contributed by atoms with Crippen LogP contribution in [0.1, 0.15) is 137 Å². The van der Waals surface area contributed by atoms with Crippen LogP contribution in [0.2, 0.25) is 0 Å². The lowest BCUT2D eigenvalue weighted by Crippen LogP contribution is -2.36. The highest BCUT2D eigenvalue weighted by atomic mass is 36.0. The van der Waals surface area contributed by atoms with Crippen LogP contribution in [0.25, 0.3) is 76.2 Å². The molecular formula is C74H75Cl3N2O4P2. The third-order valence-electron chi connectivity index (χ3n) is 18.2. The fraction of sp³-hybridized carbons (Fsp3) is 0.297. The Morgan fingerprint density at radius 1 is 0.412 bits per heavy atom. The van der Waals surface area contributed by atoms with E-state index in [0.29, 0.717) is 29.3 Å². The first-order valence-corrected chi connectivity index (χ1v) is 36.0. The molecule has 2 fully saturated rings. The Bertz CT molecular complexity index is 3930. The first kappa shape index (κ1) is 59.3. The van der Waals surface area contributed by atoms with Crippen molar-refractivity contribution in [2.45, 2.75) is 140 Å². The number of rotatable bonds is 6. The van der Waals surface area contributed by atoms with E-state index in [2.05, 4.69) is 131 Å². The fourth-order valence-corrected chi connectivity index (χ4v) is 16.0. The molecule has 6 nitrogen and oxygen atoms in total. The van der Waals surface area contributed by atoms with Gasteiger partial charge in [0.05, 0.1) is 0 Å². The zero-order valence-electron chi connectivity index (χ0n) is 48.2. The molecule has 11 heteroatoms. The van der Waals surface area contributed by atoms with Crippen molar-refractivity contribution in [3.63, 3.8) is 0 Å². The molecule has 4 aliphatic carbocycles. The van der Waals surface area contributed by atoms with Gasteiger partial charge in [-0.3, -0.25) is 0 Å². The van der Waals surface area contributed by atoms with Crippen molar-refractivity contribution < 1.29 is 18.6 Å². The lowest BCUT2D eigenvalue weighted by atomic mass is 9.92. The van der Waals surface area contributed by atoms with Gasteiger partial charge in [-0.2, -0.15) is 4.67 Å². The average Bonchev–Trinajstić information content (AvgIpc) is 3.96. The SMILES string of the molecule is ClP(Cl)Cl.Oc1ccc2ccccc2c1-c1c(O)ccc2ccccc12.c1ccc2c(c1)CC[C@@H]2N(C1CCCCCCC1)p1oc2ccc3ccccc3c2c2c(ccc3ccccc32)o1.c1ccc2c(c1)CC[C@@H]2NC1CCCCCCC1. The predicted octanol–water partition coefficient (Wildman–Crippen LogP) is 23.7. The van der Waals surface area contributed by atoms with E-state index >= 15 is 0 Å². The first-order valence-electron chi connectivity index (χ1n) is 30.9. The quantitative estimate of drug-likeness (QED) is 0.144. The zero-order valence-corrected chi connectivity index (χ0v) is 52.3. The maximum atomic E-state index is 10.4. The molecule has 1 aromatic heterocycles. The molecule has 0 unspecified atom stereocenters. The van der Waals surface area contributed by atoms with Crippen molar-refractivity contribution in [1.29, 1.82) is 0 Å². The van der Waals surface area contributed by atoms with Crippen LogP contribution in [0.4, 0.5) is 0 Å². The second-order valence-corrected chi connectivity index (χ2v) is 29.7. The summed E-state index contributed by atoms with van der Waals surface area (Å²) in [5, 5.41) is 35.9. The molecule has 0 aliphatic heterocycles. The monoisotopic (exact) mass is 1220 g/mol. The number of hydrogen-bond acceptors (Lipinski definition) is 6. The average molecular weight is 1220 g/mol. The van der Waals surface area contributed by atoms with Gasteiger partial charge in [-0.15, -0.1) is 0 Å². The maximum absolute atomic E-state index is 10.4. The number of phenols is 2. The van der Waals surface area contributed by atoms with E-state index < -0.39 is 14.1 Å². The third kappa shape index (κ3) is 13.6. The molecule has 15 rings (SSSR count). The maximum Gasteiger partial charge on any atom is 0.310 e.